The predicted molar refractivity (Wildman–Crippen MR) is 63.6 cm³/mol. The summed E-state index contributed by atoms with van der Waals surface area (Å²) in [6.45, 7) is 5.28. The minimum absolute atomic E-state index is 0.231. The van der Waals surface area contributed by atoms with Gasteiger partial charge >= 0.3 is 0 Å². The fraction of sp³-hybridized carbons (Fsp3) is 0.769. The van der Waals surface area contributed by atoms with Gasteiger partial charge in [0.2, 0.25) is 5.91 Å². The number of amides is 1. The van der Waals surface area contributed by atoms with E-state index in [0.29, 0.717) is 0 Å². The Balaban J connectivity index is 2.10. The zero-order valence-corrected chi connectivity index (χ0v) is 9.96. The van der Waals surface area contributed by atoms with Crippen molar-refractivity contribution in [1.82, 2.24) is 5.32 Å². The maximum absolute atomic E-state index is 11.7. The van der Waals surface area contributed by atoms with Gasteiger partial charge in [0.05, 0.1) is 0 Å². The highest BCUT2D eigenvalue weighted by Gasteiger charge is 2.17. The molecule has 0 bridgehead atoms. The average Bonchev–Trinajstić information content (AvgIpc) is 2.25. The second-order valence-electron chi connectivity index (χ2n) is 4.81. The van der Waals surface area contributed by atoms with E-state index < -0.39 is 0 Å². The highest BCUT2D eigenvalue weighted by molar-refractivity contribution is 5.78. The number of carbonyl (C=O) groups is 1. The van der Waals surface area contributed by atoms with Gasteiger partial charge < -0.3 is 5.32 Å². The summed E-state index contributed by atoms with van der Waals surface area (Å²) in [5, 5.41) is 3.03. The monoisotopic (exact) mass is 209 g/mol. The Morgan fingerprint density at radius 3 is 2.87 bits per heavy atom. The van der Waals surface area contributed by atoms with Crippen LogP contribution in [0.15, 0.2) is 12.2 Å². The lowest BCUT2D eigenvalue weighted by Gasteiger charge is -2.17. The van der Waals surface area contributed by atoms with Crippen molar-refractivity contribution in [3.05, 3.63) is 12.2 Å². The molecule has 0 aromatic carbocycles. The molecule has 1 amide bonds. The van der Waals surface area contributed by atoms with E-state index in [1.54, 1.807) is 0 Å². The molecular formula is C13H23NO. The Kier molecular flexibility index (Phi) is 5.44. The molecule has 1 aliphatic carbocycles. The van der Waals surface area contributed by atoms with Crippen molar-refractivity contribution in [1.29, 1.82) is 0 Å². The molecule has 2 nitrogen and oxygen atoms in total. The molecule has 0 spiro atoms. The normalized spacial score (nSPS) is 20.6. The molecule has 86 valence electrons. The van der Waals surface area contributed by atoms with Crippen LogP contribution in [0.2, 0.25) is 0 Å². The first-order valence-corrected chi connectivity index (χ1v) is 6.13. The molecule has 0 saturated heterocycles. The SMILES string of the molecule is CC(C)CCCNC(=O)[C@@H]1CC=CCC1. The molecule has 0 radical (unpaired) electrons. The van der Waals surface area contributed by atoms with E-state index in [9.17, 15) is 4.79 Å². The van der Waals surface area contributed by atoms with Gasteiger partial charge in [0, 0.05) is 12.5 Å². The van der Waals surface area contributed by atoms with Crippen LogP contribution in [-0.2, 0) is 4.79 Å². The van der Waals surface area contributed by atoms with Crippen LogP contribution in [0.3, 0.4) is 0 Å². The Morgan fingerprint density at radius 1 is 1.47 bits per heavy atom. The number of hydrogen-bond acceptors (Lipinski definition) is 1. The van der Waals surface area contributed by atoms with Crippen LogP contribution in [0, 0.1) is 11.8 Å². The number of rotatable bonds is 5. The maximum Gasteiger partial charge on any atom is 0.223 e. The lowest BCUT2D eigenvalue weighted by Crippen LogP contribution is -2.32. The summed E-state index contributed by atoms with van der Waals surface area (Å²) in [7, 11) is 0. The van der Waals surface area contributed by atoms with E-state index in [0.717, 1.165) is 38.1 Å². The minimum Gasteiger partial charge on any atom is -0.356 e. The van der Waals surface area contributed by atoms with Crippen molar-refractivity contribution >= 4 is 5.91 Å². The highest BCUT2D eigenvalue weighted by Crippen LogP contribution is 2.17. The molecule has 0 aromatic heterocycles. The number of hydrogen-bond donors (Lipinski definition) is 1. The largest absolute Gasteiger partial charge is 0.356 e. The maximum atomic E-state index is 11.7. The lowest BCUT2D eigenvalue weighted by atomic mass is 9.93. The molecule has 1 aliphatic rings. The van der Waals surface area contributed by atoms with E-state index in [-0.39, 0.29) is 11.8 Å². The summed E-state index contributed by atoms with van der Waals surface area (Å²) in [4.78, 5) is 11.7. The van der Waals surface area contributed by atoms with E-state index in [1.165, 1.54) is 6.42 Å². The highest BCUT2D eigenvalue weighted by atomic mass is 16.1. The quantitative estimate of drug-likeness (QED) is 0.547. The molecule has 0 fully saturated rings. The van der Waals surface area contributed by atoms with Crippen molar-refractivity contribution in [2.45, 2.75) is 46.0 Å². The summed E-state index contributed by atoms with van der Waals surface area (Å²) < 4.78 is 0. The molecule has 1 atom stereocenters. The van der Waals surface area contributed by atoms with Crippen LogP contribution >= 0.6 is 0 Å². The van der Waals surface area contributed by atoms with Gasteiger partial charge in [-0.2, -0.15) is 0 Å². The summed E-state index contributed by atoms with van der Waals surface area (Å²) in [5.41, 5.74) is 0. The van der Waals surface area contributed by atoms with Gasteiger partial charge in [-0.25, -0.2) is 0 Å². The molecular weight excluding hydrogens is 186 g/mol. The van der Waals surface area contributed by atoms with Crippen molar-refractivity contribution in [2.24, 2.45) is 11.8 Å². The van der Waals surface area contributed by atoms with Gasteiger partial charge in [0.1, 0.15) is 0 Å². The number of nitrogens with one attached hydrogen (secondary N) is 1. The molecule has 0 unspecified atom stereocenters. The van der Waals surface area contributed by atoms with Gasteiger partial charge in [0.15, 0.2) is 0 Å². The second-order valence-corrected chi connectivity index (χ2v) is 4.81. The Morgan fingerprint density at radius 2 is 2.27 bits per heavy atom. The molecule has 2 heteroatoms. The topological polar surface area (TPSA) is 29.1 Å². The standard InChI is InChI=1S/C13H23NO/c1-11(2)7-6-10-14-13(15)12-8-4-3-5-9-12/h3-4,11-12H,5-10H2,1-2H3,(H,14,15)/t12-/m1/s1. The summed E-state index contributed by atoms with van der Waals surface area (Å²) in [6.07, 6.45) is 9.60. The van der Waals surface area contributed by atoms with E-state index in [1.807, 2.05) is 0 Å². The minimum atomic E-state index is 0.231. The smallest absolute Gasteiger partial charge is 0.223 e. The van der Waals surface area contributed by atoms with Crippen LogP contribution in [0.1, 0.15) is 46.0 Å². The molecule has 1 N–H and O–H groups in total. The van der Waals surface area contributed by atoms with Crippen LogP contribution in [0.25, 0.3) is 0 Å². The first-order chi connectivity index (χ1) is 7.20. The third-order valence-corrected chi connectivity index (χ3v) is 2.90. The van der Waals surface area contributed by atoms with Gasteiger partial charge in [0.25, 0.3) is 0 Å². The van der Waals surface area contributed by atoms with Crippen LogP contribution in [-0.4, -0.2) is 12.5 Å². The van der Waals surface area contributed by atoms with Crippen molar-refractivity contribution < 1.29 is 4.79 Å². The van der Waals surface area contributed by atoms with E-state index >= 15 is 0 Å². The van der Waals surface area contributed by atoms with Gasteiger partial charge in [-0.1, -0.05) is 26.0 Å². The van der Waals surface area contributed by atoms with Crippen molar-refractivity contribution in [3.63, 3.8) is 0 Å². The predicted octanol–water partition coefficient (Wildman–Crippen LogP) is 2.90. The van der Waals surface area contributed by atoms with E-state index in [2.05, 4.69) is 31.3 Å². The third-order valence-electron chi connectivity index (χ3n) is 2.90. The Labute approximate surface area is 93.1 Å². The van der Waals surface area contributed by atoms with Gasteiger partial charge in [-0.15, -0.1) is 0 Å². The zero-order chi connectivity index (χ0) is 11.1. The molecule has 1 rings (SSSR count). The summed E-state index contributed by atoms with van der Waals surface area (Å²) in [5.74, 6) is 1.22. The number of allylic oxidation sites excluding steroid dienone is 2. The fourth-order valence-corrected chi connectivity index (χ4v) is 1.90. The first-order valence-electron chi connectivity index (χ1n) is 6.13. The molecule has 0 saturated carbocycles. The fourth-order valence-electron chi connectivity index (χ4n) is 1.90. The molecule has 0 aromatic rings. The van der Waals surface area contributed by atoms with Crippen LogP contribution in [0.4, 0.5) is 0 Å². The molecule has 15 heavy (non-hydrogen) atoms. The van der Waals surface area contributed by atoms with Crippen molar-refractivity contribution in [3.8, 4) is 0 Å². The van der Waals surface area contributed by atoms with Crippen LogP contribution in [0.5, 0.6) is 0 Å². The van der Waals surface area contributed by atoms with Crippen molar-refractivity contribution in [2.75, 3.05) is 6.54 Å². The molecule has 0 heterocycles. The third kappa shape index (κ3) is 5.01. The Hall–Kier alpha value is -0.790. The zero-order valence-electron chi connectivity index (χ0n) is 9.96. The first kappa shape index (κ1) is 12.3. The van der Waals surface area contributed by atoms with Crippen LogP contribution < -0.4 is 5.32 Å². The van der Waals surface area contributed by atoms with E-state index in [4.69, 9.17) is 0 Å². The summed E-state index contributed by atoms with van der Waals surface area (Å²) in [6, 6.07) is 0. The number of carbonyl (C=O) groups excluding carboxylic acids is 1. The summed E-state index contributed by atoms with van der Waals surface area (Å²) >= 11 is 0. The molecule has 0 aliphatic heterocycles. The Bertz CT molecular complexity index is 221. The average molecular weight is 209 g/mol. The lowest BCUT2D eigenvalue weighted by molar-refractivity contribution is -0.125. The van der Waals surface area contributed by atoms with Gasteiger partial charge in [-0.3, -0.25) is 4.79 Å². The van der Waals surface area contributed by atoms with Gasteiger partial charge in [-0.05, 0) is 38.0 Å². The second kappa shape index (κ2) is 6.65.